The lowest BCUT2D eigenvalue weighted by atomic mass is 10.0. The second-order valence-electron chi connectivity index (χ2n) is 5.69. The van der Waals surface area contributed by atoms with E-state index in [1.807, 2.05) is 0 Å². The van der Waals surface area contributed by atoms with Gasteiger partial charge in [0, 0.05) is 5.92 Å². The molecule has 2 aliphatic carbocycles. The fraction of sp³-hybridized carbons (Fsp3) is 0.857. The average molecular weight is 270 g/mol. The smallest absolute Gasteiger partial charge is 0.306 e. The summed E-state index contributed by atoms with van der Waals surface area (Å²) in [6.07, 6.45) is 7.34. The summed E-state index contributed by atoms with van der Waals surface area (Å²) in [6.45, 7) is 0. The van der Waals surface area contributed by atoms with E-state index in [4.69, 9.17) is 4.74 Å². The highest BCUT2D eigenvalue weighted by Gasteiger charge is 2.44. The molecule has 0 aromatic heterocycles. The van der Waals surface area contributed by atoms with Gasteiger partial charge in [-0.05, 0) is 36.9 Å². The van der Waals surface area contributed by atoms with Crippen molar-refractivity contribution >= 4 is 23.5 Å². The maximum absolute atomic E-state index is 11.9. The minimum Gasteiger partial charge on any atom is -0.469 e. The largest absolute Gasteiger partial charge is 0.469 e. The molecular weight excluding hydrogens is 248 g/mol. The molecule has 3 nitrogen and oxygen atoms in total. The number of thioether (sulfide) groups is 1. The van der Waals surface area contributed by atoms with Crippen LogP contribution in [-0.2, 0) is 14.3 Å². The van der Waals surface area contributed by atoms with Crippen LogP contribution in [0.25, 0.3) is 0 Å². The summed E-state index contributed by atoms with van der Waals surface area (Å²) in [5.41, 5.74) is 0.147. The van der Waals surface area contributed by atoms with Crippen molar-refractivity contribution in [1.82, 2.24) is 0 Å². The van der Waals surface area contributed by atoms with E-state index in [9.17, 15) is 9.59 Å². The number of hydrogen-bond acceptors (Lipinski definition) is 4. The van der Waals surface area contributed by atoms with Crippen LogP contribution in [0.4, 0.5) is 0 Å². The molecule has 0 spiro atoms. The Kier molecular flexibility index (Phi) is 4.71. The first-order valence-electron chi connectivity index (χ1n) is 6.82. The first-order valence-corrected chi connectivity index (χ1v) is 7.98. The summed E-state index contributed by atoms with van der Waals surface area (Å²) in [5, 5.41) is 0. The number of ether oxygens (including phenoxy) is 1. The number of ketones is 1. The Labute approximate surface area is 113 Å². The summed E-state index contributed by atoms with van der Waals surface area (Å²) >= 11 is 1.71. The van der Waals surface area contributed by atoms with Crippen molar-refractivity contribution in [3.05, 3.63) is 0 Å². The van der Waals surface area contributed by atoms with Crippen molar-refractivity contribution in [3.63, 3.8) is 0 Å². The van der Waals surface area contributed by atoms with Crippen molar-refractivity contribution in [2.75, 3.05) is 18.6 Å². The van der Waals surface area contributed by atoms with Gasteiger partial charge in [-0.2, -0.15) is 11.8 Å². The van der Waals surface area contributed by atoms with Gasteiger partial charge in [0.1, 0.15) is 5.78 Å². The normalized spacial score (nSPS) is 21.8. The molecule has 2 saturated carbocycles. The maximum atomic E-state index is 11.9. The summed E-state index contributed by atoms with van der Waals surface area (Å²) < 4.78 is 4.72. The number of hydrogen-bond donors (Lipinski definition) is 0. The number of Topliss-reactive ketones (excluding diaryl/α,β-unsaturated/α-hetero) is 1. The first kappa shape index (κ1) is 13.9. The molecule has 0 aromatic carbocycles. The molecule has 0 unspecified atom stereocenters. The van der Waals surface area contributed by atoms with Crippen molar-refractivity contribution in [3.8, 4) is 0 Å². The van der Waals surface area contributed by atoms with Gasteiger partial charge in [0.2, 0.25) is 0 Å². The van der Waals surface area contributed by atoms with Crippen LogP contribution in [0, 0.1) is 11.3 Å². The van der Waals surface area contributed by atoms with Crippen LogP contribution in [0.1, 0.15) is 44.9 Å². The monoisotopic (exact) mass is 270 g/mol. The Hall–Kier alpha value is -0.510. The van der Waals surface area contributed by atoms with Gasteiger partial charge in [0.05, 0.1) is 19.3 Å². The standard InChI is InChI=1S/C14H22O3S/c1-17-13(16)8-14(6-7-14)10-18-9-12(15)11-4-2-3-5-11/h11H,2-10H2,1H3. The Balaban J connectivity index is 1.65. The molecule has 2 rings (SSSR count). The number of rotatable bonds is 7. The Morgan fingerprint density at radius 1 is 1.28 bits per heavy atom. The van der Waals surface area contributed by atoms with Crippen LogP contribution < -0.4 is 0 Å². The highest BCUT2D eigenvalue weighted by molar-refractivity contribution is 8.00. The van der Waals surface area contributed by atoms with Gasteiger partial charge in [-0.3, -0.25) is 9.59 Å². The van der Waals surface area contributed by atoms with E-state index in [1.165, 1.54) is 20.0 Å². The molecule has 0 saturated heterocycles. The summed E-state index contributed by atoms with van der Waals surface area (Å²) in [6, 6.07) is 0. The molecule has 0 heterocycles. The van der Waals surface area contributed by atoms with Crippen molar-refractivity contribution < 1.29 is 14.3 Å². The van der Waals surface area contributed by atoms with Gasteiger partial charge in [0.15, 0.2) is 0 Å². The fourth-order valence-electron chi connectivity index (χ4n) is 2.66. The molecule has 0 aliphatic heterocycles. The second kappa shape index (κ2) is 6.09. The SMILES string of the molecule is COC(=O)CC1(CSCC(=O)C2CCCC2)CC1. The molecule has 2 fully saturated rings. The predicted octanol–water partition coefficient (Wildman–Crippen LogP) is 2.82. The van der Waals surface area contributed by atoms with Gasteiger partial charge in [-0.1, -0.05) is 12.8 Å². The number of carbonyl (C=O) groups is 2. The van der Waals surface area contributed by atoms with Crippen molar-refractivity contribution in [1.29, 1.82) is 0 Å². The number of esters is 1. The molecule has 2 aliphatic rings. The van der Waals surface area contributed by atoms with E-state index in [2.05, 4.69) is 0 Å². The third kappa shape index (κ3) is 3.74. The quantitative estimate of drug-likeness (QED) is 0.667. The van der Waals surface area contributed by atoms with Crippen molar-refractivity contribution in [2.24, 2.45) is 11.3 Å². The third-order valence-electron chi connectivity index (χ3n) is 4.17. The minimum atomic E-state index is -0.116. The summed E-state index contributed by atoms with van der Waals surface area (Å²) in [7, 11) is 1.44. The van der Waals surface area contributed by atoms with Crippen LogP contribution in [0.5, 0.6) is 0 Å². The van der Waals surface area contributed by atoms with Gasteiger partial charge < -0.3 is 4.74 Å². The third-order valence-corrected chi connectivity index (χ3v) is 5.47. The second-order valence-corrected chi connectivity index (χ2v) is 6.68. The fourth-order valence-corrected chi connectivity index (χ4v) is 4.02. The van der Waals surface area contributed by atoms with Crippen LogP contribution >= 0.6 is 11.8 Å². The zero-order valence-electron chi connectivity index (χ0n) is 11.1. The molecule has 0 N–H and O–H groups in total. The number of methoxy groups -OCH3 is 1. The van der Waals surface area contributed by atoms with E-state index < -0.39 is 0 Å². The molecular formula is C14H22O3S. The Bertz CT molecular complexity index is 317. The number of carbonyl (C=O) groups excluding carboxylic acids is 2. The first-order chi connectivity index (χ1) is 8.65. The summed E-state index contributed by atoms with van der Waals surface area (Å²) in [5.74, 6) is 2.20. The minimum absolute atomic E-state index is 0.116. The average Bonchev–Trinajstić information content (AvgIpc) is 2.92. The van der Waals surface area contributed by atoms with Gasteiger partial charge >= 0.3 is 5.97 Å². The highest BCUT2D eigenvalue weighted by atomic mass is 32.2. The Morgan fingerprint density at radius 2 is 1.94 bits per heavy atom. The van der Waals surface area contributed by atoms with Crippen molar-refractivity contribution in [2.45, 2.75) is 44.9 Å². The van der Waals surface area contributed by atoms with Gasteiger partial charge in [-0.15, -0.1) is 0 Å². The van der Waals surface area contributed by atoms with E-state index in [0.29, 0.717) is 23.9 Å². The molecule has 0 radical (unpaired) electrons. The lowest BCUT2D eigenvalue weighted by molar-refractivity contribution is -0.141. The molecule has 4 heteroatoms. The molecule has 0 aromatic rings. The molecule has 0 amide bonds. The maximum Gasteiger partial charge on any atom is 0.306 e. The van der Waals surface area contributed by atoms with E-state index in [-0.39, 0.29) is 11.4 Å². The molecule has 0 bridgehead atoms. The van der Waals surface area contributed by atoms with Crippen LogP contribution in [-0.4, -0.2) is 30.4 Å². The lowest BCUT2D eigenvalue weighted by Crippen LogP contribution is -2.17. The molecule has 18 heavy (non-hydrogen) atoms. The van der Waals surface area contributed by atoms with Crippen LogP contribution in [0.2, 0.25) is 0 Å². The summed E-state index contributed by atoms with van der Waals surface area (Å²) in [4.78, 5) is 23.2. The lowest BCUT2D eigenvalue weighted by Gasteiger charge is -2.13. The van der Waals surface area contributed by atoms with Gasteiger partial charge in [0.25, 0.3) is 0 Å². The van der Waals surface area contributed by atoms with E-state index in [1.54, 1.807) is 11.8 Å². The molecule has 102 valence electrons. The predicted molar refractivity (Wildman–Crippen MR) is 72.6 cm³/mol. The van der Waals surface area contributed by atoms with Crippen LogP contribution in [0.3, 0.4) is 0 Å². The van der Waals surface area contributed by atoms with E-state index in [0.717, 1.165) is 31.4 Å². The van der Waals surface area contributed by atoms with E-state index >= 15 is 0 Å². The van der Waals surface area contributed by atoms with Crippen LogP contribution in [0.15, 0.2) is 0 Å². The Morgan fingerprint density at radius 3 is 2.50 bits per heavy atom. The molecule has 0 atom stereocenters. The highest BCUT2D eigenvalue weighted by Crippen LogP contribution is 2.51. The topological polar surface area (TPSA) is 43.4 Å². The zero-order chi connectivity index (χ0) is 13.0. The van der Waals surface area contributed by atoms with Gasteiger partial charge in [-0.25, -0.2) is 0 Å². The zero-order valence-corrected chi connectivity index (χ0v) is 11.9.